The fourth-order valence-corrected chi connectivity index (χ4v) is 8.27. The maximum atomic E-state index is 12.6. The van der Waals surface area contributed by atoms with Crippen LogP contribution in [0.2, 0.25) is 0 Å². The Morgan fingerprint density at radius 3 is 1.68 bits per heavy atom. The van der Waals surface area contributed by atoms with Crippen molar-refractivity contribution in [2.24, 2.45) is 30.7 Å². The number of fused-ring (bicyclic) bond motifs is 1. The molecule has 26 heteroatoms. The second-order valence-corrected chi connectivity index (χ2v) is 19.0. The first-order valence-corrected chi connectivity index (χ1v) is 25.1. The van der Waals surface area contributed by atoms with Gasteiger partial charge in [0.05, 0.1) is 41.5 Å². The summed E-state index contributed by atoms with van der Waals surface area (Å²) >= 11 is 0. The molecule has 0 bridgehead atoms. The number of nitrogens with zero attached hydrogens (tertiary/aromatic N) is 6. The van der Waals surface area contributed by atoms with Crippen LogP contribution in [0.25, 0.3) is 10.8 Å². The Morgan fingerprint density at radius 2 is 1.10 bits per heavy atom. The molecule has 0 amide bonds. The van der Waals surface area contributed by atoms with Gasteiger partial charge in [0, 0.05) is 24.3 Å². The summed E-state index contributed by atoms with van der Waals surface area (Å²) < 4.78 is 120. The van der Waals surface area contributed by atoms with Gasteiger partial charge in [0.2, 0.25) is 0 Å². The highest BCUT2D eigenvalue weighted by Crippen LogP contribution is 2.47. The van der Waals surface area contributed by atoms with E-state index < -0.39 is 91.9 Å². The number of nitrogen functional groups attached to an aromatic ring is 1. The molecule has 9 N–H and O–H groups in total. The molecule has 0 saturated heterocycles. The Morgan fingerprint density at radius 1 is 0.544 bits per heavy atom. The van der Waals surface area contributed by atoms with Crippen LogP contribution in [-0.2, 0) is 30.4 Å². The summed E-state index contributed by atoms with van der Waals surface area (Å²) in [5.41, 5.74) is 4.76. The number of hydrogen-bond donors (Lipinski definition) is 8. The molecule has 0 aliphatic carbocycles. The van der Waals surface area contributed by atoms with E-state index in [1.165, 1.54) is 38.2 Å². The normalized spacial score (nSPS) is 12.5. The van der Waals surface area contributed by atoms with Crippen molar-refractivity contribution in [1.29, 1.82) is 0 Å². The maximum absolute atomic E-state index is 12.6. The molecule has 0 saturated carbocycles. The molecule has 5 aromatic rings. The average Bonchev–Trinajstić information content (AvgIpc) is 3.27. The zero-order valence-corrected chi connectivity index (χ0v) is 38.8. The van der Waals surface area contributed by atoms with Crippen LogP contribution in [0.15, 0.2) is 112 Å². The Balaban J connectivity index is 1.44. The van der Waals surface area contributed by atoms with Crippen molar-refractivity contribution in [3.63, 3.8) is 0 Å². The number of ether oxygens (including phenoxy) is 3. The van der Waals surface area contributed by atoms with Crippen LogP contribution in [0.5, 0.6) is 28.7 Å². The summed E-state index contributed by atoms with van der Waals surface area (Å²) in [6, 6.07) is 12.4. The maximum Gasteiger partial charge on any atom is 0.296 e. The van der Waals surface area contributed by atoms with E-state index in [4.69, 9.17) is 19.9 Å². The molecule has 0 spiro atoms. The monoisotopic (exact) mass is 1000 g/mol. The van der Waals surface area contributed by atoms with Crippen molar-refractivity contribution in [3.05, 3.63) is 66.7 Å². The van der Waals surface area contributed by atoms with E-state index in [0.717, 1.165) is 43.5 Å². The van der Waals surface area contributed by atoms with Crippen molar-refractivity contribution in [1.82, 2.24) is 0 Å². The predicted octanol–water partition coefficient (Wildman–Crippen LogP) is 9.08. The molecule has 5 aromatic carbocycles. The van der Waals surface area contributed by atoms with Gasteiger partial charge in [-0.1, -0.05) is 51.9 Å². The molecule has 0 aliphatic heterocycles. The third kappa shape index (κ3) is 14.3. The first-order chi connectivity index (χ1) is 32.2. The molecule has 0 heterocycles. The lowest BCUT2D eigenvalue weighted by molar-refractivity contribution is 0.198. The van der Waals surface area contributed by atoms with Crippen molar-refractivity contribution in [2.45, 2.75) is 73.0 Å². The second kappa shape index (κ2) is 23.6. The molecule has 23 nitrogen and oxygen atoms in total. The first-order valence-electron chi connectivity index (χ1n) is 20.8. The molecule has 0 unspecified atom stereocenters. The summed E-state index contributed by atoms with van der Waals surface area (Å²) in [5.74, 6) is -2.00. The van der Waals surface area contributed by atoms with Crippen molar-refractivity contribution in [2.75, 3.05) is 38.8 Å². The van der Waals surface area contributed by atoms with Gasteiger partial charge in [-0.25, -0.2) is 0 Å². The average molecular weight is 1000 g/mol. The minimum Gasteiger partial charge on any atom is -0.507 e. The molecule has 0 fully saturated rings. The van der Waals surface area contributed by atoms with E-state index in [0.29, 0.717) is 30.6 Å². The third-order valence-corrected chi connectivity index (χ3v) is 12.3. The van der Waals surface area contributed by atoms with Crippen LogP contribution in [0, 0.1) is 0 Å². The highest BCUT2D eigenvalue weighted by Gasteiger charge is 2.26. The van der Waals surface area contributed by atoms with Crippen LogP contribution < -0.4 is 19.9 Å². The van der Waals surface area contributed by atoms with Crippen LogP contribution in [0.3, 0.4) is 0 Å². The van der Waals surface area contributed by atoms with Crippen LogP contribution in [-0.4, -0.2) is 92.4 Å². The summed E-state index contributed by atoms with van der Waals surface area (Å²) in [6.07, 6.45) is 9.26. The van der Waals surface area contributed by atoms with Gasteiger partial charge in [-0.15, -0.1) is 25.6 Å². The number of phenols is 2. The van der Waals surface area contributed by atoms with Gasteiger partial charge in [0.15, 0.2) is 5.75 Å². The predicted molar refractivity (Wildman–Crippen MR) is 246 cm³/mol. The lowest BCUT2D eigenvalue weighted by Crippen LogP contribution is -2.04. The van der Waals surface area contributed by atoms with Gasteiger partial charge >= 0.3 is 0 Å². The minimum absolute atomic E-state index is 0.0277. The van der Waals surface area contributed by atoms with Gasteiger partial charge in [-0.2, -0.15) is 30.4 Å². The van der Waals surface area contributed by atoms with Crippen LogP contribution >= 0.6 is 0 Å². The zero-order valence-electron chi connectivity index (χ0n) is 36.3. The SMILES string of the molecule is CCCCCCCCCCOc1ccc(/N=N/c2ccc(/N=N/c3cc(OCCO)c(/N=N/c4c(S(=O)(=O)O)cc5cc(S(=O)(=O)O)cc(O)c5c4O)cc3OCCO)c(S(=O)(=O)O)c2)c(N)c1. The van der Waals surface area contributed by atoms with Gasteiger partial charge in [-0.05, 0) is 54.3 Å². The van der Waals surface area contributed by atoms with Crippen LogP contribution in [0.4, 0.5) is 39.8 Å². The summed E-state index contributed by atoms with van der Waals surface area (Å²) in [4.78, 5) is -2.73. The molecule has 0 aliphatic rings. The van der Waals surface area contributed by atoms with Crippen molar-refractivity contribution >= 4 is 80.9 Å². The molecular formula is C42H49N7O16S3. The Bertz CT molecular complexity index is 3040. The number of phenolic OH excluding ortho intramolecular Hbond substituents is 2. The number of aromatic hydroxyl groups is 2. The van der Waals surface area contributed by atoms with Gasteiger partial charge in [0.25, 0.3) is 30.4 Å². The lowest BCUT2D eigenvalue weighted by atomic mass is 10.1. The van der Waals surface area contributed by atoms with E-state index >= 15 is 0 Å². The lowest BCUT2D eigenvalue weighted by Gasteiger charge is -2.13. The molecule has 68 heavy (non-hydrogen) atoms. The largest absolute Gasteiger partial charge is 0.507 e. The first kappa shape index (κ1) is 52.6. The summed E-state index contributed by atoms with van der Waals surface area (Å²) in [7, 11) is -15.2. The summed E-state index contributed by atoms with van der Waals surface area (Å²) in [6.45, 7) is 0.873. The van der Waals surface area contributed by atoms with Gasteiger partial charge < -0.3 is 40.4 Å². The van der Waals surface area contributed by atoms with E-state index in [1.54, 1.807) is 18.2 Å². The van der Waals surface area contributed by atoms with Gasteiger partial charge in [0.1, 0.15) is 74.4 Å². The molecule has 366 valence electrons. The highest BCUT2D eigenvalue weighted by atomic mass is 32.2. The molecular weight excluding hydrogens is 955 g/mol. The van der Waals surface area contributed by atoms with Crippen LogP contribution in [0.1, 0.15) is 58.3 Å². The number of hydrogen-bond acceptors (Lipinski definition) is 20. The van der Waals surface area contributed by atoms with E-state index in [2.05, 4.69) is 37.6 Å². The smallest absolute Gasteiger partial charge is 0.296 e. The molecule has 0 aromatic heterocycles. The van der Waals surface area contributed by atoms with Crippen molar-refractivity contribution < 1.29 is 73.5 Å². The second-order valence-electron chi connectivity index (χ2n) is 14.8. The van der Waals surface area contributed by atoms with E-state index in [-0.39, 0.29) is 53.1 Å². The Hall–Kier alpha value is -6.39. The standard InChI is InChI=1S/C42H49N7O16S3/c1-2-3-4-5-6-7-8-9-16-63-28-11-13-31(30(43)22-28)45-44-27-10-12-32(38(21-27)67(57,58)59)46-47-33-24-37(65-18-15-51)34(25-36(33)64-17-14-50)48-49-41-39(68(60,61)62)20-26-19-29(66(54,55)56)23-35(52)40(26)42(41)53/h10-13,19-25,50-53H,2-9,14-18,43H2,1H3,(H,54,55,56)(H,57,58,59)(H,60,61,62)/b45-44+,47-46+,49-48+. The van der Waals surface area contributed by atoms with Gasteiger partial charge in [-0.3, -0.25) is 13.7 Å². The Labute approximate surface area is 390 Å². The van der Waals surface area contributed by atoms with E-state index in [9.17, 15) is 59.3 Å². The number of unbranched alkanes of at least 4 members (excludes halogenated alkanes) is 7. The molecule has 5 rings (SSSR count). The number of azo groups is 3. The number of aliphatic hydroxyl groups is 2. The number of nitrogens with two attached hydrogens (primary N) is 1. The quantitative estimate of drug-likeness (QED) is 0.0117. The number of rotatable bonds is 25. The van der Waals surface area contributed by atoms with Crippen molar-refractivity contribution in [3.8, 4) is 28.7 Å². The molecule has 0 radical (unpaired) electrons. The minimum atomic E-state index is -5.27. The molecule has 0 atom stereocenters. The van der Waals surface area contributed by atoms with E-state index in [1.807, 2.05) is 0 Å². The topological polar surface area (TPSA) is 372 Å². The third-order valence-electron chi connectivity index (χ3n) is 9.70. The highest BCUT2D eigenvalue weighted by molar-refractivity contribution is 7.86. The Kier molecular flexibility index (Phi) is 18.2. The fourth-order valence-electron chi connectivity index (χ4n) is 6.43. The zero-order chi connectivity index (χ0) is 49.6. The number of anilines is 1. The number of benzene rings is 5. The fraction of sp³-hybridized carbons (Fsp3) is 0.333. The summed E-state index contributed by atoms with van der Waals surface area (Å²) in [5, 5.41) is 63.6. The number of aliphatic hydroxyl groups excluding tert-OH is 2.